The number of nitrogens with two attached hydrogens (primary N) is 1. The molecule has 0 aromatic carbocycles. The molecule has 2 rings (SSSR count). The van der Waals surface area contributed by atoms with Crippen LogP contribution in [0.15, 0.2) is 17.5 Å². The number of hydrogen-bond donors (Lipinski definition) is 1. The fourth-order valence-corrected chi connectivity index (χ4v) is 3.00. The molecule has 1 fully saturated rings. The van der Waals surface area contributed by atoms with Crippen LogP contribution in [-0.2, 0) is 10.2 Å². The third-order valence-electron chi connectivity index (χ3n) is 3.50. The Morgan fingerprint density at radius 3 is 2.64 bits per heavy atom. The Bertz CT molecular complexity index is 301. The van der Waals surface area contributed by atoms with Crippen molar-refractivity contribution in [3.63, 3.8) is 0 Å². The second-order valence-corrected chi connectivity index (χ2v) is 5.59. The van der Waals surface area contributed by atoms with Gasteiger partial charge in [0, 0.05) is 4.88 Å². The van der Waals surface area contributed by atoms with Gasteiger partial charge in [-0.25, -0.2) is 0 Å². The van der Waals surface area contributed by atoms with Gasteiger partial charge in [0.1, 0.15) is 0 Å². The number of rotatable bonds is 3. The van der Waals surface area contributed by atoms with E-state index in [-0.39, 0.29) is 10.8 Å². The highest BCUT2D eigenvalue weighted by atomic mass is 32.1. The maximum Gasteiger partial charge on any atom is 0.0599 e. The molecular weight excluding hydrogens is 194 g/mol. The Labute approximate surface area is 89.1 Å². The van der Waals surface area contributed by atoms with Gasteiger partial charge < -0.3 is 10.5 Å². The molecule has 1 aliphatic rings. The predicted molar refractivity (Wildman–Crippen MR) is 59.7 cm³/mol. The summed E-state index contributed by atoms with van der Waals surface area (Å²) in [6.07, 6.45) is 0. The van der Waals surface area contributed by atoms with E-state index in [2.05, 4.69) is 31.4 Å². The summed E-state index contributed by atoms with van der Waals surface area (Å²) in [5.41, 5.74) is 6.14. The first-order valence-electron chi connectivity index (χ1n) is 4.94. The predicted octanol–water partition coefficient (Wildman–Crippen LogP) is 2.00. The van der Waals surface area contributed by atoms with Crippen LogP contribution < -0.4 is 5.73 Å². The molecule has 0 spiro atoms. The fraction of sp³-hybridized carbons (Fsp3) is 0.636. The van der Waals surface area contributed by atoms with Gasteiger partial charge in [0.15, 0.2) is 0 Å². The van der Waals surface area contributed by atoms with E-state index in [0.717, 1.165) is 13.2 Å². The molecule has 0 saturated carbocycles. The van der Waals surface area contributed by atoms with Crippen molar-refractivity contribution in [1.82, 2.24) is 0 Å². The highest BCUT2D eigenvalue weighted by molar-refractivity contribution is 7.10. The van der Waals surface area contributed by atoms with E-state index < -0.39 is 0 Å². The molecule has 0 aliphatic carbocycles. The van der Waals surface area contributed by atoms with Gasteiger partial charge in [0.25, 0.3) is 0 Å². The number of hydrogen-bond acceptors (Lipinski definition) is 3. The molecule has 1 saturated heterocycles. The highest BCUT2D eigenvalue weighted by Gasteiger charge is 2.52. The van der Waals surface area contributed by atoms with E-state index >= 15 is 0 Å². The normalized spacial score (nSPS) is 20.5. The zero-order chi connectivity index (χ0) is 10.2. The lowest BCUT2D eigenvalue weighted by Crippen LogP contribution is -2.58. The van der Waals surface area contributed by atoms with Gasteiger partial charge in [-0.1, -0.05) is 19.9 Å². The molecule has 0 amide bonds. The zero-order valence-electron chi connectivity index (χ0n) is 8.75. The minimum atomic E-state index is 0.121. The second-order valence-electron chi connectivity index (χ2n) is 4.64. The first-order chi connectivity index (χ1) is 6.62. The van der Waals surface area contributed by atoms with Gasteiger partial charge in [-0.05, 0) is 23.4 Å². The van der Waals surface area contributed by atoms with Crippen molar-refractivity contribution in [2.45, 2.75) is 19.3 Å². The monoisotopic (exact) mass is 211 g/mol. The van der Waals surface area contributed by atoms with E-state index in [9.17, 15) is 0 Å². The summed E-state index contributed by atoms with van der Waals surface area (Å²) in [6, 6.07) is 4.30. The van der Waals surface area contributed by atoms with Crippen molar-refractivity contribution >= 4 is 11.3 Å². The van der Waals surface area contributed by atoms with Crippen LogP contribution in [0.1, 0.15) is 18.7 Å². The Morgan fingerprint density at radius 1 is 1.57 bits per heavy atom. The van der Waals surface area contributed by atoms with E-state index in [0.29, 0.717) is 6.54 Å². The molecule has 0 bridgehead atoms. The van der Waals surface area contributed by atoms with Crippen molar-refractivity contribution in [2.24, 2.45) is 11.1 Å². The average Bonchev–Trinajstić information content (AvgIpc) is 2.55. The van der Waals surface area contributed by atoms with Crippen molar-refractivity contribution in [3.05, 3.63) is 22.4 Å². The lowest BCUT2D eigenvalue weighted by molar-refractivity contribution is -0.114. The molecule has 2 N–H and O–H groups in total. The molecule has 1 aromatic heterocycles. The third-order valence-corrected chi connectivity index (χ3v) is 4.57. The third kappa shape index (κ3) is 1.23. The van der Waals surface area contributed by atoms with Gasteiger partial charge in [-0.3, -0.25) is 0 Å². The summed E-state index contributed by atoms with van der Waals surface area (Å²) in [6.45, 7) is 6.80. The van der Waals surface area contributed by atoms with Gasteiger partial charge in [-0.15, -0.1) is 11.3 Å². The van der Waals surface area contributed by atoms with E-state index in [4.69, 9.17) is 10.5 Å². The molecule has 0 radical (unpaired) electrons. The van der Waals surface area contributed by atoms with Gasteiger partial charge in [0.05, 0.1) is 18.6 Å². The van der Waals surface area contributed by atoms with Crippen LogP contribution in [0, 0.1) is 5.41 Å². The molecule has 2 heterocycles. The van der Waals surface area contributed by atoms with Crippen LogP contribution in [-0.4, -0.2) is 19.8 Å². The minimum absolute atomic E-state index is 0.121. The summed E-state index contributed by atoms with van der Waals surface area (Å²) in [5.74, 6) is 0. The SMILES string of the molecule is CC(C)(CN)C1(c2cccs2)COC1. The Morgan fingerprint density at radius 2 is 2.29 bits per heavy atom. The molecule has 0 unspecified atom stereocenters. The Kier molecular flexibility index (Phi) is 2.41. The Hall–Kier alpha value is -0.380. The van der Waals surface area contributed by atoms with Crippen molar-refractivity contribution in [3.8, 4) is 0 Å². The first-order valence-corrected chi connectivity index (χ1v) is 5.82. The van der Waals surface area contributed by atoms with Crippen LogP contribution in [0.4, 0.5) is 0 Å². The molecule has 2 nitrogen and oxygen atoms in total. The lowest BCUT2D eigenvalue weighted by atomic mass is 9.63. The molecule has 3 heteroatoms. The molecule has 14 heavy (non-hydrogen) atoms. The van der Waals surface area contributed by atoms with Crippen molar-refractivity contribution in [1.29, 1.82) is 0 Å². The van der Waals surface area contributed by atoms with Crippen LogP contribution >= 0.6 is 11.3 Å². The topological polar surface area (TPSA) is 35.2 Å². The summed E-state index contributed by atoms with van der Waals surface area (Å²) < 4.78 is 5.40. The van der Waals surface area contributed by atoms with Crippen LogP contribution in [0.3, 0.4) is 0 Å². The van der Waals surface area contributed by atoms with Gasteiger partial charge in [-0.2, -0.15) is 0 Å². The lowest BCUT2D eigenvalue weighted by Gasteiger charge is -2.51. The zero-order valence-corrected chi connectivity index (χ0v) is 9.56. The summed E-state index contributed by atoms with van der Waals surface area (Å²) in [4.78, 5) is 1.42. The standard InChI is InChI=1S/C11H17NOS/c1-10(2,6-12)11(7-13-8-11)9-4-3-5-14-9/h3-5H,6-8,12H2,1-2H3. The van der Waals surface area contributed by atoms with Crippen LogP contribution in [0.2, 0.25) is 0 Å². The quantitative estimate of drug-likeness (QED) is 0.830. The van der Waals surface area contributed by atoms with E-state index in [1.54, 1.807) is 0 Å². The number of ether oxygens (including phenoxy) is 1. The van der Waals surface area contributed by atoms with E-state index in [1.807, 2.05) is 11.3 Å². The van der Waals surface area contributed by atoms with Crippen molar-refractivity contribution < 1.29 is 4.74 Å². The van der Waals surface area contributed by atoms with Gasteiger partial charge >= 0.3 is 0 Å². The average molecular weight is 211 g/mol. The maximum atomic E-state index is 5.86. The van der Waals surface area contributed by atoms with Crippen LogP contribution in [0.5, 0.6) is 0 Å². The maximum absolute atomic E-state index is 5.86. The fourth-order valence-electron chi connectivity index (χ4n) is 1.92. The van der Waals surface area contributed by atoms with Crippen LogP contribution in [0.25, 0.3) is 0 Å². The highest BCUT2D eigenvalue weighted by Crippen LogP contribution is 2.48. The minimum Gasteiger partial charge on any atom is -0.379 e. The summed E-state index contributed by atoms with van der Waals surface area (Å²) >= 11 is 1.81. The van der Waals surface area contributed by atoms with Crippen molar-refractivity contribution in [2.75, 3.05) is 19.8 Å². The smallest absolute Gasteiger partial charge is 0.0599 e. The molecule has 1 aromatic rings. The molecule has 0 atom stereocenters. The molecule has 78 valence electrons. The van der Waals surface area contributed by atoms with E-state index in [1.165, 1.54) is 4.88 Å². The van der Waals surface area contributed by atoms with Gasteiger partial charge in [0.2, 0.25) is 0 Å². The Balaban J connectivity index is 2.36. The molecule has 1 aliphatic heterocycles. The first kappa shape index (κ1) is 10.1. The number of thiophene rings is 1. The summed E-state index contributed by atoms with van der Waals surface area (Å²) in [7, 11) is 0. The largest absolute Gasteiger partial charge is 0.379 e. The molecular formula is C11H17NOS. The summed E-state index contributed by atoms with van der Waals surface area (Å²) in [5, 5.41) is 2.13. The second kappa shape index (κ2) is 3.33.